The Morgan fingerprint density at radius 3 is 2.27 bits per heavy atom. The first-order valence-corrected chi connectivity index (χ1v) is 4.68. The number of aromatic nitrogens is 2. The van der Waals surface area contributed by atoms with E-state index in [0.717, 1.165) is 10.8 Å². The molecule has 1 atom stereocenters. The highest BCUT2D eigenvalue weighted by Gasteiger charge is 2.13. The van der Waals surface area contributed by atoms with E-state index in [1.165, 1.54) is 11.5 Å². The van der Waals surface area contributed by atoms with Crippen molar-refractivity contribution in [1.29, 1.82) is 0 Å². The van der Waals surface area contributed by atoms with Crippen LogP contribution in [0.2, 0.25) is 0 Å². The lowest BCUT2D eigenvalue weighted by molar-refractivity contribution is 0.532. The van der Waals surface area contributed by atoms with E-state index in [4.69, 9.17) is 0 Å². The Morgan fingerprint density at radius 1 is 1.27 bits per heavy atom. The van der Waals surface area contributed by atoms with E-state index in [2.05, 4.69) is 30.1 Å². The van der Waals surface area contributed by atoms with E-state index in [0.29, 0.717) is 11.8 Å². The summed E-state index contributed by atoms with van der Waals surface area (Å²) in [5.74, 6) is 2.10. The van der Waals surface area contributed by atoms with Gasteiger partial charge in [-0.2, -0.15) is 4.37 Å². The van der Waals surface area contributed by atoms with Gasteiger partial charge in [0.25, 0.3) is 0 Å². The summed E-state index contributed by atoms with van der Waals surface area (Å²) in [5.41, 5.74) is 0. The van der Waals surface area contributed by atoms with Crippen LogP contribution < -0.4 is 0 Å². The molecule has 0 fully saturated rings. The Labute approximate surface area is 71.8 Å². The molecular weight excluding hydrogens is 156 g/mol. The fraction of sp³-hybridized carbons (Fsp3) is 0.750. The SMILES string of the molecule is Cc1nsc(C(C)C(C)C)n1. The van der Waals surface area contributed by atoms with Gasteiger partial charge in [-0.1, -0.05) is 20.8 Å². The van der Waals surface area contributed by atoms with Gasteiger partial charge in [0.2, 0.25) is 0 Å². The predicted octanol–water partition coefficient (Wildman–Crippen LogP) is 2.61. The van der Waals surface area contributed by atoms with Crippen molar-refractivity contribution < 1.29 is 0 Å². The molecule has 0 bridgehead atoms. The van der Waals surface area contributed by atoms with Gasteiger partial charge in [0.15, 0.2) is 0 Å². The molecule has 0 aliphatic heterocycles. The molecule has 1 rings (SSSR count). The average Bonchev–Trinajstić information content (AvgIpc) is 2.34. The maximum absolute atomic E-state index is 4.34. The van der Waals surface area contributed by atoms with Gasteiger partial charge in [-0.3, -0.25) is 0 Å². The average molecular weight is 170 g/mol. The lowest BCUT2D eigenvalue weighted by atomic mass is 9.99. The molecule has 3 heteroatoms. The molecule has 62 valence electrons. The van der Waals surface area contributed by atoms with Gasteiger partial charge in [-0.15, -0.1) is 0 Å². The zero-order valence-electron chi connectivity index (χ0n) is 7.46. The van der Waals surface area contributed by atoms with Crippen LogP contribution in [0.25, 0.3) is 0 Å². The minimum absolute atomic E-state index is 0.543. The molecular formula is C8H14N2S. The standard InChI is InChI=1S/C8H14N2S/c1-5(2)6(3)8-9-7(4)10-11-8/h5-6H,1-4H3. The topological polar surface area (TPSA) is 25.8 Å². The summed E-state index contributed by atoms with van der Waals surface area (Å²) in [6.45, 7) is 8.56. The first-order valence-electron chi connectivity index (χ1n) is 3.91. The maximum atomic E-state index is 4.34. The fourth-order valence-electron chi connectivity index (χ4n) is 0.783. The molecule has 1 aromatic rings. The van der Waals surface area contributed by atoms with Gasteiger partial charge in [-0.25, -0.2) is 4.98 Å². The first-order chi connectivity index (χ1) is 5.11. The summed E-state index contributed by atoms with van der Waals surface area (Å²) in [4.78, 5) is 4.34. The number of nitrogens with zero attached hydrogens (tertiary/aromatic N) is 2. The third-order valence-corrected chi connectivity index (χ3v) is 2.94. The number of hydrogen-bond acceptors (Lipinski definition) is 3. The maximum Gasteiger partial charge on any atom is 0.139 e. The monoisotopic (exact) mass is 170 g/mol. The van der Waals surface area contributed by atoms with Gasteiger partial charge in [0, 0.05) is 5.92 Å². The van der Waals surface area contributed by atoms with E-state index in [9.17, 15) is 0 Å². The summed E-state index contributed by atoms with van der Waals surface area (Å²) >= 11 is 1.52. The smallest absolute Gasteiger partial charge is 0.139 e. The molecule has 1 aromatic heterocycles. The fourth-order valence-corrected chi connectivity index (χ4v) is 1.66. The van der Waals surface area contributed by atoms with Gasteiger partial charge >= 0.3 is 0 Å². The van der Waals surface area contributed by atoms with Gasteiger partial charge in [0.1, 0.15) is 10.8 Å². The molecule has 0 spiro atoms. The van der Waals surface area contributed by atoms with Gasteiger partial charge in [0.05, 0.1) is 0 Å². The number of rotatable bonds is 2. The summed E-state index contributed by atoms with van der Waals surface area (Å²) in [7, 11) is 0. The van der Waals surface area contributed by atoms with Crippen LogP contribution in [0.3, 0.4) is 0 Å². The lowest BCUT2D eigenvalue weighted by Crippen LogP contribution is -2.00. The van der Waals surface area contributed by atoms with Crippen molar-refractivity contribution in [2.45, 2.75) is 33.6 Å². The highest BCUT2D eigenvalue weighted by Crippen LogP contribution is 2.24. The van der Waals surface area contributed by atoms with Crippen LogP contribution in [0, 0.1) is 12.8 Å². The molecule has 0 radical (unpaired) electrons. The Balaban J connectivity index is 2.76. The van der Waals surface area contributed by atoms with Crippen LogP contribution in [-0.2, 0) is 0 Å². The minimum Gasteiger partial charge on any atom is -0.225 e. The molecule has 0 saturated heterocycles. The zero-order valence-corrected chi connectivity index (χ0v) is 8.27. The van der Waals surface area contributed by atoms with Crippen LogP contribution in [0.15, 0.2) is 0 Å². The second-order valence-electron chi connectivity index (χ2n) is 3.21. The second-order valence-corrected chi connectivity index (χ2v) is 4.00. The Kier molecular flexibility index (Phi) is 2.60. The largest absolute Gasteiger partial charge is 0.225 e. The third kappa shape index (κ3) is 1.99. The third-order valence-electron chi connectivity index (χ3n) is 1.93. The van der Waals surface area contributed by atoms with Crippen LogP contribution in [-0.4, -0.2) is 9.36 Å². The Hall–Kier alpha value is -0.440. The Morgan fingerprint density at radius 2 is 1.91 bits per heavy atom. The van der Waals surface area contributed by atoms with Crippen molar-refractivity contribution in [2.75, 3.05) is 0 Å². The van der Waals surface area contributed by atoms with E-state index < -0.39 is 0 Å². The molecule has 1 unspecified atom stereocenters. The van der Waals surface area contributed by atoms with Crippen molar-refractivity contribution in [3.8, 4) is 0 Å². The number of aryl methyl sites for hydroxylation is 1. The molecule has 11 heavy (non-hydrogen) atoms. The molecule has 0 aliphatic carbocycles. The molecule has 0 aromatic carbocycles. The van der Waals surface area contributed by atoms with Crippen LogP contribution in [0.4, 0.5) is 0 Å². The lowest BCUT2D eigenvalue weighted by Gasteiger charge is -2.10. The van der Waals surface area contributed by atoms with E-state index in [-0.39, 0.29) is 0 Å². The summed E-state index contributed by atoms with van der Waals surface area (Å²) in [6.07, 6.45) is 0. The molecule has 0 amide bonds. The molecule has 0 N–H and O–H groups in total. The highest BCUT2D eigenvalue weighted by atomic mass is 32.1. The van der Waals surface area contributed by atoms with E-state index in [1.54, 1.807) is 0 Å². The quantitative estimate of drug-likeness (QED) is 0.682. The summed E-state index contributed by atoms with van der Waals surface area (Å²) in [6, 6.07) is 0. The van der Waals surface area contributed by atoms with Crippen molar-refractivity contribution in [3.05, 3.63) is 10.8 Å². The van der Waals surface area contributed by atoms with Crippen molar-refractivity contribution in [2.24, 2.45) is 5.92 Å². The molecule has 0 saturated carbocycles. The molecule has 2 nitrogen and oxygen atoms in total. The summed E-state index contributed by atoms with van der Waals surface area (Å²) < 4.78 is 4.15. The number of hydrogen-bond donors (Lipinski definition) is 0. The van der Waals surface area contributed by atoms with Gasteiger partial charge < -0.3 is 0 Å². The van der Waals surface area contributed by atoms with Crippen LogP contribution in [0.1, 0.15) is 37.5 Å². The molecule has 1 heterocycles. The Bertz CT molecular complexity index is 230. The first kappa shape index (κ1) is 8.65. The normalized spacial score (nSPS) is 13.9. The summed E-state index contributed by atoms with van der Waals surface area (Å²) in [5, 5.41) is 1.16. The minimum atomic E-state index is 0.543. The van der Waals surface area contributed by atoms with E-state index in [1.807, 2.05) is 6.92 Å². The van der Waals surface area contributed by atoms with Crippen molar-refractivity contribution in [1.82, 2.24) is 9.36 Å². The highest BCUT2D eigenvalue weighted by molar-refractivity contribution is 7.05. The predicted molar refractivity (Wildman–Crippen MR) is 47.9 cm³/mol. The molecule has 0 aliphatic rings. The van der Waals surface area contributed by atoms with E-state index >= 15 is 0 Å². The zero-order chi connectivity index (χ0) is 8.43. The van der Waals surface area contributed by atoms with Crippen molar-refractivity contribution in [3.63, 3.8) is 0 Å². The van der Waals surface area contributed by atoms with Gasteiger partial charge in [-0.05, 0) is 24.4 Å². The van der Waals surface area contributed by atoms with Crippen LogP contribution in [0.5, 0.6) is 0 Å². The van der Waals surface area contributed by atoms with Crippen molar-refractivity contribution >= 4 is 11.5 Å². The van der Waals surface area contributed by atoms with Crippen LogP contribution >= 0.6 is 11.5 Å². The second kappa shape index (κ2) is 3.30.